The third-order valence-corrected chi connectivity index (χ3v) is 5.71. The first-order valence-electron chi connectivity index (χ1n) is 8.12. The molecular formula is C19H20N2O3S2. The van der Waals surface area contributed by atoms with Gasteiger partial charge in [-0.3, -0.25) is 4.79 Å². The third kappa shape index (κ3) is 4.23. The molecule has 0 radical (unpaired) electrons. The maximum absolute atomic E-state index is 12.3. The molecule has 0 atom stereocenters. The number of carbonyl (C=O) groups is 1. The van der Waals surface area contributed by atoms with Crippen molar-refractivity contribution >= 4 is 34.3 Å². The van der Waals surface area contributed by atoms with Crippen molar-refractivity contribution in [3.05, 3.63) is 45.6 Å². The number of benzene rings is 1. The molecule has 0 saturated heterocycles. The van der Waals surface area contributed by atoms with Crippen LogP contribution in [-0.4, -0.2) is 25.1 Å². The molecular weight excluding hydrogens is 368 g/mol. The van der Waals surface area contributed by atoms with Gasteiger partial charge >= 0.3 is 0 Å². The number of methoxy groups -OCH3 is 2. The van der Waals surface area contributed by atoms with E-state index in [9.17, 15) is 4.79 Å². The predicted octanol–water partition coefficient (Wildman–Crippen LogP) is 4.77. The Labute approximate surface area is 160 Å². The van der Waals surface area contributed by atoms with Crippen molar-refractivity contribution in [2.24, 2.45) is 0 Å². The fourth-order valence-electron chi connectivity index (χ4n) is 2.61. The van der Waals surface area contributed by atoms with Crippen LogP contribution in [0.4, 0.5) is 5.69 Å². The summed E-state index contributed by atoms with van der Waals surface area (Å²) in [6.45, 7) is 2.00. The van der Waals surface area contributed by atoms with Crippen LogP contribution in [-0.2, 0) is 11.2 Å². The molecule has 0 aliphatic carbocycles. The summed E-state index contributed by atoms with van der Waals surface area (Å²) in [5, 5.41) is 5.97. The molecule has 0 aliphatic heterocycles. The minimum absolute atomic E-state index is 0.0413. The summed E-state index contributed by atoms with van der Waals surface area (Å²) >= 11 is 3.32. The molecule has 0 saturated carbocycles. The Morgan fingerprint density at radius 2 is 2.00 bits per heavy atom. The number of aromatic nitrogens is 1. The number of thiazole rings is 1. The topological polar surface area (TPSA) is 60.5 Å². The van der Waals surface area contributed by atoms with E-state index < -0.39 is 0 Å². The minimum Gasteiger partial charge on any atom is -0.493 e. The second-order valence-electron chi connectivity index (χ2n) is 5.60. The molecule has 0 aliphatic rings. The van der Waals surface area contributed by atoms with E-state index in [1.165, 1.54) is 0 Å². The molecule has 3 aromatic rings. The van der Waals surface area contributed by atoms with E-state index >= 15 is 0 Å². The average molecular weight is 389 g/mol. The van der Waals surface area contributed by atoms with Gasteiger partial charge in [-0.1, -0.05) is 6.07 Å². The maximum atomic E-state index is 12.3. The molecule has 0 spiro atoms. The number of rotatable bonds is 7. The molecule has 2 heterocycles. The molecule has 2 aromatic heterocycles. The number of ether oxygens (including phenoxy) is 2. The smallest absolute Gasteiger partial charge is 0.224 e. The summed E-state index contributed by atoms with van der Waals surface area (Å²) in [5.41, 5.74) is 1.69. The van der Waals surface area contributed by atoms with Crippen LogP contribution < -0.4 is 14.8 Å². The van der Waals surface area contributed by atoms with Crippen LogP contribution in [0, 0.1) is 6.92 Å². The van der Waals surface area contributed by atoms with Crippen LogP contribution in [0.1, 0.15) is 16.3 Å². The van der Waals surface area contributed by atoms with Gasteiger partial charge in [0, 0.05) is 23.1 Å². The fourth-order valence-corrected chi connectivity index (χ4v) is 4.36. The summed E-state index contributed by atoms with van der Waals surface area (Å²) in [6.07, 6.45) is 1.06. The van der Waals surface area contributed by atoms with Crippen molar-refractivity contribution in [2.45, 2.75) is 19.8 Å². The molecule has 1 amide bonds. The van der Waals surface area contributed by atoms with E-state index in [1.54, 1.807) is 55.1 Å². The number of anilines is 1. The quantitative estimate of drug-likeness (QED) is 0.633. The number of carbonyl (C=O) groups excluding carboxylic acids is 1. The molecule has 7 heteroatoms. The monoisotopic (exact) mass is 388 g/mol. The number of thiophene rings is 1. The lowest BCUT2D eigenvalue weighted by Gasteiger charge is -2.10. The minimum atomic E-state index is -0.0413. The SMILES string of the molecule is COc1ccc(NC(=O)CCc2sc(C)nc2-c2cccs2)cc1OC. The van der Waals surface area contributed by atoms with Crippen molar-refractivity contribution in [2.75, 3.05) is 19.5 Å². The van der Waals surface area contributed by atoms with Gasteiger partial charge < -0.3 is 14.8 Å². The van der Waals surface area contributed by atoms with E-state index in [4.69, 9.17) is 9.47 Å². The molecule has 5 nitrogen and oxygen atoms in total. The summed E-state index contributed by atoms with van der Waals surface area (Å²) in [4.78, 5) is 19.3. The van der Waals surface area contributed by atoms with Crippen molar-refractivity contribution < 1.29 is 14.3 Å². The Kier molecular flexibility index (Phi) is 5.90. The number of nitrogens with one attached hydrogen (secondary N) is 1. The van der Waals surface area contributed by atoms with Gasteiger partial charge in [0.25, 0.3) is 0 Å². The van der Waals surface area contributed by atoms with Gasteiger partial charge in [-0.15, -0.1) is 22.7 Å². The van der Waals surface area contributed by atoms with E-state index in [0.29, 0.717) is 30.0 Å². The number of amides is 1. The second-order valence-corrected chi connectivity index (χ2v) is 7.84. The zero-order chi connectivity index (χ0) is 18.5. The molecule has 1 aromatic carbocycles. The summed E-state index contributed by atoms with van der Waals surface area (Å²) in [5.74, 6) is 1.18. The number of aryl methyl sites for hydroxylation is 2. The van der Waals surface area contributed by atoms with Crippen LogP contribution in [0.2, 0.25) is 0 Å². The Morgan fingerprint density at radius 3 is 2.69 bits per heavy atom. The Morgan fingerprint density at radius 1 is 1.19 bits per heavy atom. The lowest BCUT2D eigenvalue weighted by Crippen LogP contribution is -2.12. The lowest BCUT2D eigenvalue weighted by atomic mass is 10.2. The summed E-state index contributed by atoms with van der Waals surface area (Å²) < 4.78 is 10.5. The highest BCUT2D eigenvalue weighted by molar-refractivity contribution is 7.15. The van der Waals surface area contributed by atoms with E-state index in [0.717, 1.165) is 20.5 Å². The van der Waals surface area contributed by atoms with Gasteiger partial charge in [0.05, 0.1) is 29.8 Å². The van der Waals surface area contributed by atoms with Gasteiger partial charge in [0.15, 0.2) is 11.5 Å². The van der Waals surface area contributed by atoms with Gasteiger partial charge in [-0.05, 0) is 36.9 Å². The van der Waals surface area contributed by atoms with Crippen molar-refractivity contribution in [3.8, 4) is 22.1 Å². The molecule has 1 N–H and O–H groups in total. The van der Waals surface area contributed by atoms with Crippen LogP contribution in [0.3, 0.4) is 0 Å². The van der Waals surface area contributed by atoms with Gasteiger partial charge in [-0.25, -0.2) is 4.98 Å². The lowest BCUT2D eigenvalue weighted by molar-refractivity contribution is -0.116. The fraction of sp³-hybridized carbons (Fsp3) is 0.263. The van der Waals surface area contributed by atoms with Crippen LogP contribution >= 0.6 is 22.7 Å². The van der Waals surface area contributed by atoms with E-state index in [-0.39, 0.29) is 5.91 Å². The van der Waals surface area contributed by atoms with E-state index in [1.807, 2.05) is 18.4 Å². The molecule has 136 valence electrons. The molecule has 0 fully saturated rings. The van der Waals surface area contributed by atoms with Gasteiger partial charge in [0.2, 0.25) is 5.91 Å². The van der Waals surface area contributed by atoms with Crippen molar-refractivity contribution in [1.82, 2.24) is 4.98 Å². The molecule has 0 unspecified atom stereocenters. The second kappa shape index (κ2) is 8.33. The highest BCUT2D eigenvalue weighted by atomic mass is 32.1. The average Bonchev–Trinajstić information content (AvgIpc) is 3.29. The van der Waals surface area contributed by atoms with Crippen molar-refractivity contribution in [3.63, 3.8) is 0 Å². The van der Waals surface area contributed by atoms with Gasteiger partial charge in [-0.2, -0.15) is 0 Å². The maximum Gasteiger partial charge on any atom is 0.224 e. The number of nitrogens with zero attached hydrogens (tertiary/aromatic N) is 1. The third-order valence-electron chi connectivity index (χ3n) is 3.81. The zero-order valence-electron chi connectivity index (χ0n) is 14.9. The Bertz CT molecular complexity index is 888. The highest BCUT2D eigenvalue weighted by Gasteiger charge is 2.14. The van der Waals surface area contributed by atoms with Crippen molar-refractivity contribution in [1.29, 1.82) is 0 Å². The normalized spacial score (nSPS) is 10.6. The summed E-state index contributed by atoms with van der Waals surface area (Å²) in [6, 6.07) is 9.41. The first kappa shape index (κ1) is 18.4. The standard InChI is InChI=1S/C19H20N2O3S2/c1-12-20-19(16-5-4-10-25-16)17(26-12)8-9-18(22)21-13-6-7-14(23-2)15(11-13)24-3/h4-7,10-11H,8-9H2,1-3H3,(H,21,22). The molecule has 0 bridgehead atoms. The van der Waals surface area contributed by atoms with Crippen LogP contribution in [0.5, 0.6) is 11.5 Å². The molecule has 26 heavy (non-hydrogen) atoms. The zero-order valence-corrected chi connectivity index (χ0v) is 16.5. The number of hydrogen-bond donors (Lipinski definition) is 1. The molecule has 3 rings (SSSR count). The largest absolute Gasteiger partial charge is 0.493 e. The first-order chi connectivity index (χ1) is 12.6. The first-order valence-corrected chi connectivity index (χ1v) is 9.82. The van der Waals surface area contributed by atoms with Crippen LogP contribution in [0.25, 0.3) is 10.6 Å². The Hall–Kier alpha value is -2.38. The highest BCUT2D eigenvalue weighted by Crippen LogP contribution is 2.32. The van der Waals surface area contributed by atoms with Crippen LogP contribution in [0.15, 0.2) is 35.7 Å². The summed E-state index contributed by atoms with van der Waals surface area (Å²) in [7, 11) is 3.15. The van der Waals surface area contributed by atoms with Gasteiger partial charge in [0.1, 0.15) is 0 Å². The number of hydrogen-bond acceptors (Lipinski definition) is 6. The Balaban J connectivity index is 1.65. The van der Waals surface area contributed by atoms with E-state index in [2.05, 4.69) is 16.4 Å². The predicted molar refractivity (Wildman–Crippen MR) is 107 cm³/mol.